The molecule has 0 radical (unpaired) electrons. The minimum atomic E-state index is -1.12. The van der Waals surface area contributed by atoms with Crippen molar-refractivity contribution in [2.45, 2.75) is 72.3 Å². The first-order valence-electron chi connectivity index (χ1n) is 13.2. The van der Waals surface area contributed by atoms with Crippen LogP contribution < -0.4 is 9.80 Å². The first kappa shape index (κ1) is 29.0. The molecule has 1 saturated carbocycles. The maximum absolute atomic E-state index is 13.3. The molecular formula is C30H39N5O3. The zero-order chi connectivity index (χ0) is 27.9. The molecule has 1 amide bonds. The minimum absolute atomic E-state index is 0.103. The van der Waals surface area contributed by atoms with Crippen LogP contribution in [0.3, 0.4) is 0 Å². The number of allylic oxidation sites excluding steroid dienone is 1. The summed E-state index contributed by atoms with van der Waals surface area (Å²) in [4.78, 5) is 37.5. The average Bonchev–Trinajstić information content (AvgIpc) is 2.89. The first-order valence-corrected chi connectivity index (χ1v) is 13.2. The average molecular weight is 518 g/mol. The van der Waals surface area contributed by atoms with Crippen LogP contribution in [0.2, 0.25) is 0 Å². The number of hydrogen-bond acceptors (Lipinski definition) is 7. The molecule has 1 fully saturated rings. The fourth-order valence-corrected chi connectivity index (χ4v) is 5.00. The lowest BCUT2D eigenvalue weighted by atomic mass is 9.69. The first-order chi connectivity index (χ1) is 18.0. The Hall–Kier alpha value is -3.57. The number of aryl methyl sites for hydroxylation is 1. The summed E-state index contributed by atoms with van der Waals surface area (Å²) in [5.41, 5.74) is 1.22. The van der Waals surface area contributed by atoms with Crippen molar-refractivity contribution >= 4 is 23.7 Å². The van der Waals surface area contributed by atoms with E-state index in [0.29, 0.717) is 49.4 Å². The second-order valence-corrected chi connectivity index (χ2v) is 11.1. The fraction of sp³-hybridized carbons (Fsp3) is 0.500. The number of carbonyl (C=O) groups excluding carboxylic acids is 2. The van der Waals surface area contributed by atoms with Gasteiger partial charge in [-0.3, -0.25) is 19.5 Å². The van der Waals surface area contributed by atoms with E-state index in [1.54, 1.807) is 19.9 Å². The van der Waals surface area contributed by atoms with Gasteiger partial charge in [0.1, 0.15) is 11.4 Å². The van der Waals surface area contributed by atoms with Crippen LogP contribution in [0.1, 0.15) is 76.6 Å². The number of benzene rings is 1. The molecule has 2 aromatic rings. The van der Waals surface area contributed by atoms with E-state index in [9.17, 15) is 20.0 Å². The molecule has 1 aromatic heterocycles. The summed E-state index contributed by atoms with van der Waals surface area (Å²) in [5, 5.41) is 19.6. The molecule has 1 unspecified atom stereocenters. The van der Waals surface area contributed by atoms with Gasteiger partial charge in [-0.1, -0.05) is 32.4 Å². The molecule has 0 bridgehead atoms. The smallest absolute Gasteiger partial charge is 0.215 e. The predicted molar refractivity (Wildman–Crippen MR) is 148 cm³/mol. The van der Waals surface area contributed by atoms with Gasteiger partial charge in [-0.25, -0.2) is 4.98 Å². The molecule has 0 spiro atoms. The molecule has 202 valence electrons. The van der Waals surface area contributed by atoms with Crippen molar-refractivity contribution in [2.75, 3.05) is 22.9 Å². The van der Waals surface area contributed by atoms with E-state index in [0.717, 1.165) is 30.5 Å². The van der Waals surface area contributed by atoms with Gasteiger partial charge < -0.3 is 10.0 Å². The summed E-state index contributed by atoms with van der Waals surface area (Å²) in [6.45, 7) is 10.3. The predicted octanol–water partition coefficient (Wildman–Crippen LogP) is 5.04. The van der Waals surface area contributed by atoms with E-state index in [1.807, 2.05) is 32.2 Å². The quantitative estimate of drug-likeness (QED) is 0.416. The van der Waals surface area contributed by atoms with E-state index < -0.39 is 11.0 Å². The SMILES string of the molecule is CCC/C=C/N(C[C@]1(C)CC(CN(C=O)c2cnc(C(C)(C)O)cn2)CCC1=O)c1cc(C#N)ccc1C. The third-order valence-electron chi connectivity index (χ3n) is 7.24. The number of anilines is 2. The number of aromatic nitrogens is 2. The highest BCUT2D eigenvalue weighted by molar-refractivity contribution is 5.86. The van der Waals surface area contributed by atoms with Crippen LogP contribution in [0.5, 0.6) is 0 Å². The number of ketones is 1. The third kappa shape index (κ3) is 7.05. The van der Waals surface area contributed by atoms with Crippen LogP contribution in [0.4, 0.5) is 11.5 Å². The van der Waals surface area contributed by atoms with E-state index in [4.69, 9.17) is 0 Å². The van der Waals surface area contributed by atoms with E-state index in [1.165, 1.54) is 17.3 Å². The second kappa shape index (κ2) is 12.3. The summed E-state index contributed by atoms with van der Waals surface area (Å²) in [6.07, 6.45) is 11.6. The van der Waals surface area contributed by atoms with Gasteiger partial charge in [0.2, 0.25) is 6.41 Å². The molecule has 1 aromatic carbocycles. The number of rotatable bonds is 11. The molecule has 0 aliphatic heterocycles. The summed E-state index contributed by atoms with van der Waals surface area (Å²) in [6, 6.07) is 7.84. The summed E-state index contributed by atoms with van der Waals surface area (Å²) < 4.78 is 0. The highest BCUT2D eigenvalue weighted by Gasteiger charge is 2.41. The fourth-order valence-electron chi connectivity index (χ4n) is 5.00. The molecule has 1 heterocycles. The second-order valence-electron chi connectivity index (χ2n) is 11.1. The number of amides is 1. The van der Waals surface area contributed by atoms with Gasteiger partial charge in [0, 0.05) is 36.8 Å². The Bertz CT molecular complexity index is 1200. The maximum Gasteiger partial charge on any atom is 0.215 e. The van der Waals surface area contributed by atoms with Crippen molar-refractivity contribution < 1.29 is 14.7 Å². The lowest BCUT2D eigenvalue weighted by Crippen LogP contribution is -2.45. The monoisotopic (exact) mass is 517 g/mol. The Kier molecular flexibility index (Phi) is 9.40. The van der Waals surface area contributed by atoms with Crippen molar-refractivity contribution in [3.63, 3.8) is 0 Å². The molecule has 0 saturated heterocycles. The molecule has 1 N–H and O–H groups in total. The summed E-state index contributed by atoms with van der Waals surface area (Å²) in [5.74, 6) is 0.732. The number of hydrogen-bond donors (Lipinski definition) is 1. The van der Waals surface area contributed by atoms with Crippen molar-refractivity contribution in [3.05, 3.63) is 59.7 Å². The van der Waals surface area contributed by atoms with Crippen molar-refractivity contribution in [1.82, 2.24) is 9.97 Å². The van der Waals surface area contributed by atoms with Crippen LogP contribution in [-0.2, 0) is 15.2 Å². The largest absolute Gasteiger partial charge is 0.384 e. The lowest BCUT2D eigenvalue weighted by molar-refractivity contribution is -0.131. The normalized spacial score (nSPS) is 19.8. The molecule has 2 atom stereocenters. The molecule has 8 heteroatoms. The standard InChI is InChI=1S/C30H39N5O3/c1-6-7-8-13-34(25-14-23(16-31)10-9-22(25)2)20-30(5)15-24(11-12-27(30)37)19-35(21-36)28-18-32-26(17-33-28)29(3,4)38/h8-10,13-14,17-18,21,24,38H,6-7,11-12,15,19-20H2,1-5H3/b13-8+/t24?,30-/m0/s1. The molecule has 38 heavy (non-hydrogen) atoms. The number of unbranched alkanes of at least 4 members (excludes halogenated alkanes) is 1. The van der Waals surface area contributed by atoms with E-state index in [2.05, 4.69) is 33.9 Å². The van der Waals surface area contributed by atoms with Gasteiger partial charge >= 0.3 is 0 Å². The van der Waals surface area contributed by atoms with Gasteiger partial charge in [-0.2, -0.15) is 5.26 Å². The van der Waals surface area contributed by atoms with Crippen LogP contribution in [0.25, 0.3) is 0 Å². The number of nitrogens with zero attached hydrogens (tertiary/aromatic N) is 5. The van der Waals surface area contributed by atoms with Crippen LogP contribution in [0, 0.1) is 29.6 Å². The summed E-state index contributed by atoms with van der Waals surface area (Å²) >= 11 is 0. The lowest BCUT2D eigenvalue weighted by Gasteiger charge is -2.41. The number of carbonyl (C=O) groups is 2. The Labute approximate surface area is 226 Å². The highest BCUT2D eigenvalue weighted by Crippen LogP contribution is 2.39. The van der Waals surface area contributed by atoms with E-state index >= 15 is 0 Å². The Morgan fingerprint density at radius 3 is 2.63 bits per heavy atom. The topological polar surface area (TPSA) is 110 Å². The summed E-state index contributed by atoms with van der Waals surface area (Å²) in [7, 11) is 0. The highest BCUT2D eigenvalue weighted by atomic mass is 16.3. The van der Waals surface area contributed by atoms with Gasteiger partial charge in [0.25, 0.3) is 0 Å². The Morgan fingerprint density at radius 2 is 2.03 bits per heavy atom. The van der Waals surface area contributed by atoms with E-state index in [-0.39, 0.29) is 11.7 Å². The number of Topliss-reactive ketones (excluding diaryl/α,β-unsaturated/α-hetero) is 1. The molecule has 1 aliphatic rings. The molecular weight excluding hydrogens is 478 g/mol. The third-order valence-corrected chi connectivity index (χ3v) is 7.24. The van der Waals surface area contributed by atoms with Crippen molar-refractivity contribution in [1.29, 1.82) is 5.26 Å². The molecule has 8 nitrogen and oxygen atoms in total. The van der Waals surface area contributed by atoms with Crippen LogP contribution in [-0.4, -0.2) is 40.4 Å². The van der Waals surface area contributed by atoms with Gasteiger partial charge in [0.15, 0.2) is 5.82 Å². The minimum Gasteiger partial charge on any atom is -0.384 e. The maximum atomic E-state index is 13.3. The van der Waals surface area contributed by atoms with Crippen LogP contribution in [0.15, 0.2) is 42.9 Å². The van der Waals surface area contributed by atoms with Gasteiger partial charge in [-0.15, -0.1) is 0 Å². The number of nitriles is 1. The molecule has 1 aliphatic carbocycles. The zero-order valence-corrected chi connectivity index (χ0v) is 23.1. The van der Waals surface area contributed by atoms with Gasteiger partial charge in [-0.05, 0) is 63.6 Å². The Morgan fingerprint density at radius 1 is 1.26 bits per heavy atom. The van der Waals surface area contributed by atoms with Gasteiger partial charge in [0.05, 0.1) is 29.7 Å². The Balaban J connectivity index is 1.82. The molecule has 3 rings (SSSR count). The zero-order valence-electron chi connectivity index (χ0n) is 23.1. The van der Waals surface area contributed by atoms with Crippen LogP contribution >= 0.6 is 0 Å². The number of aliphatic hydroxyl groups is 1. The van der Waals surface area contributed by atoms with Crippen molar-refractivity contribution in [2.24, 2.45) is 11.3 Å². The van der Waals surface area contributed by atoms with Crippen molar-refractivity contribution in [3.8, 4) is 6.07 Å².